The van der Waals surface area contributed by atoms with E-state index in [0.29, 0.717) is 18.2 Å². The number of rotatable bonds is 2. The molecule has 1 amide bonds. The van der Waals surface area contributed by atoms with Crippen LogP contribution in [0.5, 0.6) is 0 Å². The van der Waals surface area contributed by atoms with E-state index in [9.17, 15) is 4.79 Å². The maximum Gasteiger partial charge on any atom is 0.223 e. The van der Waals surface area contributed by atoms with Crippen molar-refractivity contribution in [2.45, 2.75) is 51.1 Å². The van der Waals surface area contributed by atoms with Crippen LogP contribution in [-0.4, -0.2) is 54.0 Å². The van der Waals surface area contributed by atoms with Crippen LogP contribution < -0.4 is 5.73 Å². The van der Waals surface area contributed by atoms with Crippen molar-refractivity contribution >= 4 is 5.91 Å². The average Bonchev–Trinajstić information content (AvgIpc) is 2.54. The molecule has 2 heterocycles. The van der Waals surface area contributed by atoms with Crippen molar-refractivity contribution in [2.24, 2.45) is 11.7 Å². The molecule has 4 nitrogen and oxygen atoms in total. The molecule has 2 saturated heterocycles. The van der Waals surface area contributed by atoms with Crippen LogP contribution in [0.1, 0.15) is 39.5 Å². The maximum atomic E-state index is 12.4. The molecule has 0 aromatic heterocycles. The van der Waals surface area contributed by atoms with Crippen LogP contribution >= 0.6 is 0 Å². The highest BCUT2D eigenvalue weighted by Crippen LogP contribution is 2.29. The highest BCUT2D eigenvalue weighted by atomic mass is 16.2. The van der Waals surface area contributed by atoms with Crippen LogP contribution in [0.25, 0.3) is 0 Å². The summed E-state index contributed by atoms with van der Waals surface area (Å²) in [6, 6.07) is 0.121. The molecule has 2 N–H and O–H groups in total. The van der Waals surface area contributed by atoms with Gasteiger partial charge in [-0.2, -0.15) is 0 Å². The highest BCUT2D eigenvalue weighted by Gasteiger charge is 2.42. The summed E-state index contributed by atoms with van der Waals surface area (Å²) in [6.45, 7) is 7.25. The summed E-state index contributed by atoms with van der Waals surface area (Å²) in [5, 5.41) is 0. The molecule has 104 valence electrons. The average molecular weight is 253 g/mol. The predicted molar refractivity (Wildman–Crippen MR) is 73.2 cm³/mol. The predicted octanol–water partition coefficient (Wildman–Crippen LogP) is 1.06. The van der Waals surface area contributed by atoms with Crippen molar-refractivity contribution in [3.05, 3.63) is 0 Å². The van der Waals surface area contributed by atoms with Crippen LogP contribution in [0.2, 0.25) is 0 Å². The van der Waals surface area contributed by atoms with Crippen molar-refractivity contribution in [3.8, 4) is 0 Å². The molecule has 0 saturated carbocycles. The second-order valence-corrected chi connectivity index (χ2v) is 6.57. The molecule has 4 heteroatoms. The summed E-state index contributed by atoms with van der Waals surface area (Å²) in [6.07, 6.45) is 4.04. The number of hydrogen-bond acceptors (Lipinski definition) is 3. The van der Waals surface area contributed by atoms with Crippen LogP contribution in [0.15, 0.2) is 0 Å². The minimum Gasteiger partial charge on any atom is -0.336 e. The molecule has 2 rings (SSSR count). The first kappa shape index (κ1) is 13.8. The van der Waals surface area contributed by atoms with Crippen molar-refractivity contribution < 1.29 is 4.79 Å². The summed E-state index contributed by atoms with van der Waals surface area (Å²) in [7, 11) is 2.15. The lowest BCUT2D eigenvalue weighted by molar-refractivity contribution is -0.136. The molecular weight excluding hydrogens is 226 g/mol. The number of carbonyl (C=O) groups excluding carboxylic acids is 1. The van der Waals surface area contributed by atoms with Gasteiger partial charge >= 0.3 is 0 Å². The molecule has 2 unspecified atom stereocenters. The summed E-state index contributed by atoms with van der Waals surface area (Å²) < 4.78 is 0. The van der Waals surface area contributed by atoms with Gasteiger partial charge in [0.2, 0.25) is 5.91 Å². The van der Waals surface area contributed by atoms with E-state index in [4.69, 9.17) is 5.73 Å². The summed E-state index contributed by atoms with van der Waals surface area (Å²) >= 11 is 0. The molecule has 0 bridgehead atoms. The van der Waals surface area contributed by atoms with Crippen molar-refractivity contribution in [1.29, 1.82) is 0 Å². The summed E-state index contributed by atoms with van der Waals surface area (Å²) in [5.41, 5.74) is 5.92. The van der Waals surface area contributed by atoms with Gasteiger partial charge in [-0.25, -0.2) is 0 Å². The Morgan fingerprint density at radius 1 is 1.33 bits per heavy atom. The van der Waals surface area contributed by atoms with E-state index < -0.39 is 0 Å². The fraction of sp³-hybridized carbons (Fsp3) is 0.929. The Balaban J connectivity index is 1.92. The van der Waals surface area contributed by atoms with E-state index in [0.717, 1.165) is 19.5 Å². The van der Waals surface area contributed by atoms with Crippen LogP contribution in [0.3, 0.4) is 0 Å². The minimum atomic E-state index is -0.169. The lowest BCUT2D eigenvalue weighted by Crippen LogP contribution is -2.51. The Morgan fingerprint density at radius 2 is 2.06 bits per heavy atom. The van der Waals surface area contributed by atoms with Gasteiger partial charge in [-0.1, -0.05) is 0 Å². The Hall–Kier alpha value is -0.610. The topological polar surface area (TPSA) is 49.6 Å². The van der Waals surface area contributed by atoms with Gasteiger partial charge in [-0.15, -0.1) is 0 Å². The van der Waals surface area contributed by atoms with E-state index in [1.54, 1.807) is 0 Å². The fourth-order valence-corrected chi connectivity index (χ4v) is 3.35. The van der Waals surface area contributed by atoms with E-state index in [1.807, 2.05) is 4.90 Å². The molecule has 2 fully saturated rings. The quantitative estimate of drug-likeness (QED) is 0.800. The van der Waals surface area contributed by atoms with Crippen molar-refractivity contribution in [2.75, 3.05) is 26.7 Å². The fourth-order valence-electron chi connectivity index (χ4n) is 3.35. The Morgan fingerprint density at radius 3 is 2.61 bits per heavy atom. The SMILES string of the molecule is CN1CCCC(CC(=O)N2CCC(N)C2(C)C)C1. The first-order chi connectivity index (χ1) is 8.41. The number of likely N-dealkylation sites (tertiary alicyclic amines) is 2. The van der Waals surface area contributed by atoms with Gasteiger partial charge in [0.25, 0.3) is 0 Å². The standard InChI is InChI=1S/C14H27N3O/c1-14(2)12(15)6-8-17(14)13(18)9-11-5-4-7-16(3)10-11/h11-12H,4-10,15H2,1-3H3. The Bertz CT molecular complexity index is 316. The molecule has 0 aromatic carbocycles. The van der Waals surface area contributed by atoms with E-state index in [2.05, 4.69) is 25.8 Å². The van der Waals surface area contributed by atoms with E-state index in [-0.39, 0.29) is 11.6 Å². The lowest BCUT2D eigenvalue weighted by atomic mass is 9.92. The number of hydrogen-bond donors (Lipinski definition) is 1. The monoisotopic (exact) mass is 253 g/mol. The molecule has 18 heavy (non-hydrogen) atoms. The summed E-state index contributed by atoms with van der Waals surface area (Å²) in [5.74, 6) is 0.831. The van der Waals surface area contributed by atoms with Crippen molar-refractivity contribution in [1.82, 2.24) is 9.80 Å². The second-order valence-electron chi connectivity index (χ2n) is 6.57. The molecule has 0 spiro atoms. The Labute approximate surface area is 110 Å². The van der Waals surface area contributed by atoms with E-state index in [1.165, 1.54) is 19.4 Å². The normalized spacial score (nSPS) is 32.8. The van der Waals surface area contributed by atoms with Crippen molar-refractivity contribution in [3.63, 3.8) is 0 Å². The number of piperidine rings is 1. The number of nitrogens with two attached hydrogens (primary N) is 1. The highest BCUT2D eigenvalue weighted by molar-refractivity contribution is 5.77. The largest absolute Gasteiger partial charge is 0.336 e. The molecule has 2 aliphatic rings. The van der Waals surface area contributed by atoms with Gasteiger partial charge in [0, 0.05) is 25.6 Å². The van der Waals surface area contributed by atoms with Gasteiger partial charge in [0.15, 0.2) is 0 Å². The summed E-state index contributed by atoms with van der Waals surface area (Å²) in [4.78, 5) is 16.8. The van der Waals surface area contributed by atoms with Gasteiger partial charge in [0.05, 0.1) is 5.54 Å². The van der Waals surface area contributed by atoms with Crippen LogP contribution in [0, 0.1) is 5.92 Å². The number of amides is 1. The third-order valence-corrected chi connectivity index (χ3v) is 4.75. The molecule has 0 aromatic rings. The molecule has 2 aliphatic heterocycles. The van der Waals surface area contributed by atoms with Gasteiger partial charge in [-0.05, 0) is 52.6 Å². The van der Waals surface area contributed by atoms with Gasteiger partial charge in [0.1, 0.15) is 0 Å². The maximum absolute atomic E-state index is 12.4. The second kappa shape index (κ2) is 5.17. The molecule has 0 aliphatic carbocycles. The zero-order valence-electron chi connectivity index (χ0n) is 12.0. The lowest BCUT2D eigenvalue weighted by Gasteiger charge is -2.36. The molecular formula is C14H27N3O. The third kappa shape index (κ3) is 2.69. The third-order valence-electron chi connectivity index (χ3n) is 4.75. The van der Waals surface area contributed by atoms with Crippen LogP contribution in [0.4, 0.5) is 0 Å². The van der Waals surface area contributed by atoms with Gasteiger partial charge < -0.3 is 15.5 Å². The first-order valence-electron chi connectivity index (χ1n) is 7.16. The van der Waals surface area contributed by atoms with Gasteiger partial charge in [-0.3, -0.25) is 4.79 Å². The first-order valence-corrected chi connectivity index (χ1v) is 7.16. The molecule has 0 radical (unpaired) electrons. The minimum absolute atomic E-state index is 0.121. The molecule has 2 atom stereocenters. The number of carbonyl (C=O) groups is 1. The van der Waals surface area contributed by atoms with E-state index >= 15 is 0 Å². The number of nitrogens with zero attached hydrogens (tertiary/aromatic N) is 2. The Kier molecular flexibility index (Phi) is 3.97. The van der Waals surface area contributed by atoms with Crippen LogP contribution in [-0.2, 0) is 4.79 Å². The zero-order chi connectivity index (χ0) is 13.3. The zero-order valence-corrected chi connectivity index (χ0v) is 12.0. The smallest absolute Gasteiger partial charge is 0.223 e.